The van der Waals surface area contributed by atoms with Crippen molar-refractivity contribution < 1.29 is 0 Å². The molecule has 0 spiro atoms. The Bertz CT molecular complexity index is 852. The predicted molar refractivity (Wildman–Crippen MR) is 102 cm³/mol. The van der Waals surface area contributed by atoms with Crippen LogP contribution in [0.4, 0.5) is 11.4 Å². The van der Waals surface area contributed by atoms with Crippen LogP contribution in [0.5, 0.6) is 0 Å². The maximum absolute atomic E-state index is 9.00. The molecule has 25 heavy (non-hydrogen) atoms. The van der Waals surface area contributed by atoms with Gasteiger partial charge in [0.15, 0.2) is 0 Å². The molecule has 0 bridgehead atoms. The van der Waals surface area contributed by atoms with E-state index in [0.717, 1.165) is 48.1 Å². The fourth-order valence-electron chi connectivity index (χ4n) is 3.02. The highest BCUT2D eigenvalue weighted by atomic mass is 35.5. The Morgan fingerprint density at radius 1 is 0.920 bits per heavy atom. The van der Waals surface area contributed by atoms with Crippen molar-refractivity contribution in [3.63, 3.8) is 0 Å². The van der Waals surface area contributed by atoms with Gasteiger partial charge in [-0.15, -0.1) is 0 Å². The number of allylic oxidation sites excluding steroid dienone is 1. The van der Waals surface area contributed by atoms with Gasteiger partial charge in [0, 0.05) is 42.6 Å². The average Bonchev–Trinajstić information content (AvgIpc) is 2.66. The van der Waals surface area contributed by atoms with Crippen LogP contribution in [0, 0.1) is 22.7 Å². The van der Waals surface area contributed by atoms with Crippen LogP contribution in [0.1, 0.15) is 5.56 Å². The van der Waals surface area contributed by atoms with E-state index in [-0.39, 0.29) is 5.57 Å². The van der Waals surface area contributed by atoms with Gasteiger partial charge >= 0.3 is 0 Å². The molecular formula is C20H17ClN4. The summed E-state index contributed by atoms with van der Waals surface area (Å²) in [4.78, 5) is 4.61. The van der Waals surface area contributed by atoms with Gasteiger partial charge in [-0.2, -0.15) is 10.5 Å². The molecule has 1 saturated heterocycles. The molecule has 4 nitrogen and oxygen atoms in total. The van der Waals surface area contributed by atoms with E-state index in [1.165, 1.54) is 0 Å². The summed E-state index contributed by atoms with van der Waals surface area (Å²) in [6, 6.07) is 19.6. The van der Waals surface area contributed by atoms with Gasteiger partial charge in [-0.25, -0.2) is 0 Å². The smallest absolute Gasteiger partial charge is 0.130 e. The van der Waals surface area contributed by atoms with Crippen molar-refractivity contribution in [3.05, 3.63) is 64.7 Å². The third-order valence-electron chi connectivity index (χ3n) is 4.27. The summed E-state index contributed by atoms with van der Waals surface area (Å²) in [6.07, 6.45) is 1.65. The molecule has 5 heteroatoms. The maximum atomic E-state index is 9.00. The SMILES string of the molecule is N#CC(C#N)=Cc1ccccc1N1CCN(c2cccc(Cl)c2)CC1. The number of nitrogens with zero attached hydrogens (tertiary/aromatic N) is 4. The van der Waals surface area contributed by atoms with Gasteiger partial charge in [0.25, 0.3) is 0 Å². The number of hydrogen-bond acceptors (Lipinski definition) is 4. The summed E-state index contributed by atoms with van der Waals surface area (Å²) in [5.74, 6) is 0. The quantitative estimate of drug-likeness (QED) is 0.784. The topological polar surface area (TPSA) is 54.1 Å². The molecule has 0 amide bonds. The van der Waals surface area contributed by atoms with Crippen LogP contribution in [-0.4, -0.2) is 26.2 Å². The predicted octanol–water partition coefficient (Wildman–Crippen LogP) is 4.10. The second kappa shape index (κ2) is 7.75. The number of rotatable bonds is 3. The molecule has 0 aromatic heterocycles. The molecule has 3 rings (SSSR count). The zero-order chi connectivity index (χ0) is 17.6. The molecule has 1 heterocycles. The van der Waals surface area contributed by atoms with Gasteiger partial charge < -0.3 is 9.80 Å². The lowest BCUT2D eigenvalue weighted by atomic mass is 10.1. The minimum Gasteiger partial charge on any atom is -0.368 e. The van der Waals surface area contributed by atoms with Gasteiger partial charge in [-0.05, 0) is 35.9 Å². The van der Waals surface area contributed by atoms with Crippen molar-refractivity contribution in [2.75, 3.05) is 36.0 Å². The van der Waals surface area contributed by atoms with Crippen LogP contribution >= 0.6 is 11.6 Å². The molecule has 0 aliphatic carbocycles. The molecule has 1 aliphatic heterocycles. The first-order chi connectivity index (χ1) is 12.2. The lowest BCUT2D eigenvalue weighted by Crippen LogP contribution is -2.46. The minimum atomic E-state index is 0.116. The van der Waals surface area contributed by atoms with Gasteiger partial charge in [0.05, 0.1) is 0 Å². The van der Waals surface area contributed by atoms with Crippen LogP contribution in [0.25, 0.3) is 6.08 Å². The summed E-state index contributed by atoms with van der Waals surface area (Å²) in [6.45, 7) is 3.51. The van der Waals surface area contributed by atoms with E-state index in [9.17, 15) is 0 Å². The number of benzene rings is 2. The molecule has 1 fully saturated rings. The minimum absolute atomic E-state index is 0.116. The fourth-order valence-corrected chi connectivity index (χ4v) is 3.21. The highest BCUT2D eigenvalue weighted by Gasteiger charge is 2.19. The Kier molecular flexibility index (Phi) is 5.23. The van der Waals surface area contributed by atoms with E-state index in [2.05, 4.69) is 15.9 Å². The summed E-state index contributed by atoms with van der Waals surface area (Å²) < 4.78 is 0. The average molecular weight is 349 g/mol. The lowest BCUT2D eigenvalue weighted by molar-refractivity contribution is 0.653. The number of piperazine rings is 1. The van der Waals surface area contributed by atoms with Crippen LogP contribution in [-0.2, 0) is 0 Å². The largest absolute Gasteiger partial charge is 0.368 e. The summed E-state index contributed by atoms with van der Waals surface area (Å²) >= 11 is 6.09. The van der Waals surface area contributed by atoms with E-state index in [0.29, 0.717) is 0 Å². The molecular weight excluding hydrogens is 332 g/mol. The van der Waals surface area contributed by atoms with Crippen molar-refractivity contribution >= 4 is 29.1 Å². The number of hydrogen-bond donors (Lipinski definition) is 0. The second-order valence-electron chi connectivity index (χ2n) is 5.79. The Balaban J connectivity index is 1.77. The molecule has 0 unspecified atom stereocenters. The second-order valence-corrected chi connectivity index (χ2v) is 6.23. The highest BCUT2D eigenvalue weighted by molar-refractivity contribution is 6.30. The zero-order valence-electron chi connectivity index (χ0n) is 13.7. The molecule has 2 aromatic rings. The third-order valence-corrected chi connectivity index (χ3v) is 4.51. The Morgan fingerprint density at radius 2 is 1.60 bits per heavy atom. The third kappa shape index (κ3) is 3.94. The first kappa shape index (κ1) is 16.9. The standard InChI is InChI=1S/C20H17ClN4/c21-18-5-3-6-19(13-18)24-8-10-25(11-9-24)20-7-2-1-4-17(20)12-16(14-22)15-23/h1-7,12-13H,8-11H2. The normalized spacial score (nSPS) is 13.7. The number of anilines is 2. The van der Waals surface area contributed by atoms with E-state index in [1.54, 1.807) is 6.08 Å². The Morgan fingerprint density at radius 3 is 2.28 bits per heavy atom. The van der Waals surface area contributed by atoms with Crippen LogP contribution in [0.15, 0.2) is 54.1 Å². The van der Waals surface area contributed by atoms with E-state index in [1.807, 2.05) is 54.6 Å². The number of halogens is 1. The molecule has 2 aromatic carbocycles. The van der Waals surface area contributed by atoms with E-state index in [4.69, 9.17) is 22.1 Å². The van der Waals surface area contributed by atoms with Crippen molar-refractivity contribution in [2.24, 2.45) is 0 Å². The van der Waals surface area contributed by atoms with Crippen molar-refractivity contribution in [3.8, 4) is 12.1 Å². The fraction of sp³-hybridized carbons (Fsp3) is 0.200. The molecule has 0 radical (unpaired) electrons. The first-order valence-corrected chi connectivity index (χ1v) is 8.45. The summed E-state index contributed by atoms with van der Waals surface area (Å²) in [5.41, 5.74) is 3.20. The Hall–Kier alpha value is -2.95. The molecule has 0 N–H and O–H groups in total. The van der Waals surface area contributed by atoms with Crippen LogP contribution < -0.4 is 9.80 Å². The van der Waals surface area contributed by atoms with Crippen molar-refractivity contribution in [1.29, 1.82) is 10.5 Å². The first-order valence-electron chi connectivity index (χ1n) is 8.07. The van der Waals surface area contributed by atoms with E-state index < -0.39 is 0 Å². The summed E-state index contributed by atoms with van der Waals surface area (Å²) in [5, 5.41) is 18.7. The van der Waals surface area contributed by atoms with Gasteiger partial charge in [-0.1, -0.05) is 35.9 Å². The Labute approximate surface area is 152 Å². The van der Waals surface area contributed by atoms with Crippen molar-refractivity contribution in [1.82, 2.24) is 0 Å². The van der Waals surface area contributed by atoms with E-state index >= 15 is 0 Å². The molecule has 0 saturated carbocycles. The summed E-state index contributed by atoms with van der Waals surface area (Å²) in [7, 11) is 0. The lowest BCUT2D eigenvalue weighted by Gasteiger charge is -2.38. The van der Waals surface area contributed by atoms with Gasteiger partial charge in [0.2, 0.25) is 0 Å². The van der Waals surface area contributed by atoms with Crippen molar-refractivity contribution in [2.45, 2.75) is 0 Å². The van der Waals surface area contributed by atoms with Crippen LogP contribution in [0.3, 0.4) is 0 Å². The molecule has 0 atom stereocenters. The van der Waals surface area contributed by atoms with Crippen LogP contribution in [0.2, 0.25) is 5.02 Å². The maximum Gasteiger partial charge on any atom is 0.130 e. The highest BCUT2D eigenvalue weighted by Crippen LogP contribution is 2.26. The van der Waals surface area contributed by atoms with Gasteiger partial charge in [0.1, 0.15) is 17.7 Å². The number of para-hydroxylation sites is 1. The number of nitriles is 2. The molecule has 1 aliphatic rings. The monoisotopic (exact) mass is 348 g/mol. The van der Waals surface area contributed by atoms with Gasteiger partial charge in [-0.3, -0.25) is 0 Å². The molecule has 124 valence electrons. The zero-order valence-corrected chi connectivity index (χ0v) is 14.4.